The first-order valence-corrected chi connectivity index (χ1v) is 18.7. The van der Waals surface area contributed by atoms with Crippen LogP contribution in [0.25, 0.3) is 0 Å². The molecule has 0 heterocycles. The molecule has 0 unspecified atom stereocenters. The van der Waals surface area contributed by atoms with E-state index in [0.717, 1.165) is 25.7 Å². The van der Waals surface area contributed by atoms with E-state index in [0.29, 0.717) is 32.1 Å². The normalized spacial score (nSPS) is 14.4. The fraction of sp³-hybridized carbons (Fsp3) is 0.659. The van der Waals surface area contributed by atoms with Crippen molar-refractivity contribution in [3.8, 4) is 0 Å². The molecule has 0 aliphatic heterocycles. The molecule has 0 aliphatic rings. The van der Waals surface area contributed by atoms with Crippen molar-refractivity contribution in [1.29, 1.82) is 0 Å². The molecule has 48 heavy (non-hydrogen) atoms. The summed E-state index contributed by atoms with van der Waals surface area (Å²) in [5.41, 5.74) is 0. The second kappa shape index (κ2) is 35.6. The van der Waals surface area contributed by atoms with Crippen LogP contribution < -0.4 is 0 Å². The quantitative estimate of drug-likeness (QED) is 0.0282. The Kier molecular flexibility index (Phi) is 33.5. The third-order valence-electron chi connectivity index (χ3n) is 7.64. The van der Waals surface area contributed by atoms with E-state index in [9.17, 15) is 24.9 Å². The van der Waals surface area contributed by atoms with Crippen molar-refractivity contribution < 1.29 is 34.4 Å². The Labute approximate surface area is 292 Å². The lowest BCUT2D eigenvalue weighted by Crippen LogP contribution is -2.25. The lowest BCUT2D eigenvalue weighted by Gasteiger charge is -2.12. The summed E-state index contributed by atoms with van der Waals surface area (Å²) >= 11 is 0. The van der Waals surface area contributed by atoms with Crippen LogP contribution in [0.2, 0.25) is 0 Å². The van der Waals surface area contributed by atoms with Crippen LogP contribution in [0, 0.1) is 0 Å². The Bertz CT molecular complexity index is 931. The van der Waals surface area contributed by atoms with Gasteiger partial charge in [0, 0.05) is 12.8 Å². The zero-order valence-corrected chi connectivity index (χ0v) is 30.2. The average Bonchev–Trinajstić information content (AvgIpc) is 3.07. The van der Waals surface area contributed by atoms with Crippen molar-refractivity contribution in [1.82, 2.24) is 0 Å². The van der Waals surface area contributed by atoms with Crippen molar-refractivity contribution in [2.24, 2.45) is 0 Å². The fourth-order valence-corrected chi connectivity index (χ4v) is 4.76. The number of rotatable bonds is 32. The third kappa shape index (κ3) is 34.6. The van der Waals surface area contributed by atoms with Gasteiger partial charge in [0.25, 0.3) is 0 Å². The number of hydrogen-bond acceptors (Lipinski definition) is 7. The molecule has 0 bridgehead atoms. The fourth-order valence-electron chi connectivity index (χ4n) is 4.76. The molecule has 0 spiro atoms. The molecule has 0 saturated heterocycles. The highest BCUT2D eigenvalue weighted by molar-refractivity contribution is 5.70. The molecule has 7 nitrogen and oxygen atoms in total. The lowest BCUT2D eigenvalue weighted by atomic mass is 10.0. The SMILES string of the molecule is CC/C=C\C[C@@H](O)/C=C/C=C\C=C\[C@@H](O)C/C=C\C/C=C\CCC(=O)OC[C@H](O)COC(=O)CCCCCCCCCCCCCCC. The van der Waals surface area contributed by atoms with Crippen LogP contribution in [-0.2, 0) is 19.1 Å². The third-order valence-corrected chi connectivity index (χ3v) is 7.64. The summed E-state index contributed by atoms with van der Waals surface area (Å²) in [6, 6.07) is 0. The highest BCUT2D eigenvalue weighted by Gasteiger charge is 2.11. The smallest absolute Gasteiger partial charge is 0.306 e. The summed E-state index contributed by atoms with van der Waals surface area (Å²) in [5.74, 6) is -0.731. The summed E-state index contributed by atoms with van der Waals surface area (Å²) in [4.78, 5) is 23.9. The summed E-state index contributed by atoms with van der Waals surface area (Å²) in [6.07, 6.45) is 40.3. The van der Waals surface area contributed by atoms with E-state index in [2.05, 4.69) is 13.8 Å². The van der Waals surface area contributed by atoms with Crippen LogP contribution in [0.5, 0.6) is 0 Å². The van der Waals surface area contributed by atoms with Gasteiger partial charge in [0.05, 0.1) is 12.2 Å². The van der Waals surface area contributed by atoms with Crippen LogP contribution in [0.15, 0.2) is 72.9 Å². The number of aliphatic hydroxyl groups excluding tert-OH is 3. The first-order chi connectivity index (χ1) is 23.4. The number of ether oxygens (including phenoxy) is 2. The van der Waals surface area contributed by atoms with Crippen LogP contribution >= 0.6 is 0 Å². The van der Waals surface area contributed by atoms with Gasteiger partial charge in [-0.25, -0.2) is 0 Å². The molecule has 0 amide bonds. The van der Waals surface area contributed by atoms with Gasteiger partial charge in [-0.15, -0.1) is 0 Å². The first-order valence-electron chi connectivity index (χ1n) is 18.7. The summed E-state index contributed by atoms with van der Waals surface area (Å²) in [6.45, 7) is 3.94. The Morgan fingerprint density at radius 1 is 0.542 bits per heavy atom. The number of allylic oxidation sites excluding steroid dienone is 8. The molecule has 0 aromatic heterocycles. The minimum Gasteiger partial charge on any atom is -0.463 e. The summed E-state index contributed by atoms with van der Waals surface area (Å²) in [7, 11) is 0. The molecule has 0 saturated carbocycles. The average molecular weight is 673 g/mol. The molecule has 0 aliphatic carbocycles. The second-order valence-electron chi connectivity index (χ2n) is 12.4. The standard InChI is InChI=1S/C41H68O7/c1-3-5-7-8-9-10-11-12-13-14-15-19-27-33-40(45)47-35-39(44)36-48-41(46)34-28-20-17-16-18-24-30-38(43)32-26-22-21-25-31-37(42)29-23-6-4-2/h6,17-18,20-26,31-32,37-39,42-44H,3-5,7-16,19,27-30,33-36H2,1-2H3/b20-17-,22-21-,23-6-,24-18-,31-25+,32-26+/t37-,38+,39-/m1/s1. The second-order valence-corrected chi connectivity index (χ2v) is 12.4. The predicted octanol–water partition coefficient (Wildman–Crippen LogP) is 9.33. The van der Waals surface area contributed by atoms with Crippen LogP contribution in [-0.4, -0.2) is 58.8 Å². The summed E-state index contributed by atoms with van der Waals surface area (Å²) < 4.78 is 10.2. The van der Waals surface area contributed by atoms with Gasteiger partial charge in [0.2, 0.25) is 0 Å². The molecule has 0 fully saturated rings. The number of aliphatic hydroxyl groups is 3. The van der Waals surface area contributed by atoms with Crippen LogP contribution in [0.4, 0.5) is 0 Å². The molecule has 0 radical (unpaired) electrons. The molecule has 0 aromatic carbocycles. The van der Waals surface area contributed by atoms with Crippen LogP contribution in [0.1, 0.15) is 142 Å². The maximum Gasteiger partial charge on any atom is 0.306 e. The van der Waals surface area contributed by atoms with E-state index in [1.165, 1.54) is 64.2 Å². The van der Waals surface area contributed by atoms with Crippen molar-refractivity contribution in [3.63, 3.8) is 0 Å². The van der Waals surface area contributed by atoms with Crippen molar-refractivity contribution in [2.45, 2.75) is 161 Å². The minimum absolute atomic E-state index is 0.169. The molecular formula is C41H68O7. The molecule has 3 N–H and O–H groups in total. The van der Waals surface area contributed by atoms with Gasteiger partial charge in [-0.3, -0.25) is 9.59 Å². The number of esters is 2. The van der Waals surface area contributed by atoms with Crippen LogP contribution in [0.3, 0.4) is 0 Å². The van der Waals surface area contributed by atoms with Gasteiger partial charge in [-0.05, 0) is 38.5 Å². The lowest BCUT2D eigenvalue weighted by molar-refractivity contribution is -0.152. The Hall–Kier alpha value is -2.74. The maximum atomic E-state index is 11.9. The van der Waals surface area contributed by atoms with Gasteiger partial charge >= 0.3 is 11.9 Å². The van der Waals surface area contributed by atoms with Gasteiger partial charge in [-0.1, -0.05) is 164 Å². The van der Waals surface area contributed by atoms with Gasteiger partial charge in [0.15, 0.2) is 0 Å². The monoisotopic (exact) mass is 672 g/mol. The van der Waals surface area contributed by atoms with Gasteiger partial charge in [-0.2, -0.15) is 0 Å². The number of hydrogen-bond donors (Lipinski definition) is 3. The number of carbonyl (C=O) groups is 2. The number of unbranched alkanes of at least 4 members (excludes halogenated alkanes) is 12. The molecule has 0 rings (SSSR count). The maximum absolute atomic E-state index is 11.9. The van der Waals surface area contributed by atoms with Crippen molar-refractivity contribution in [3.05, 3.63) is 72.9 Å². The van der Waals surface area contributed by atoms with E-state index >= 15 is 0 Å². The molecule has 7 heteroatoms. The van der Waals surface area contributed by atoms with Crippen molar-refractivity contribution in [2.75, 3.05) is 13.2 Å². The van der Waals surface area contributed by atoms with E-state index < -0.39 is 24.3 Å². The van der Waals surface area contributed by atoms with Gasteiger partial charge in [0.1, 0.15) is 19.3 Å². The highest BCUT2D eigenvalue weighted by atomic mass is 16.6. The molecule has 274 valence electrons. The largest absolute Gasteiger partial charge is 0.463 e. The van der Waals surface area contributed by atoms with Gasteiger partial charge < -0.3 is 24.8 Å². The topological polar surface area (TPSA) is 113 Å². The summed E-state index contributed by atoms with van der Waals surface area (Å²) in [5, 5.41) is 29.8. The van der Waals surface area contributed by atoms with E-state index in [4.69, 9.17) is 9.47 Å². The number of carbonyl (C=O) groups excluding carboxylic acids is 2. The van der Waals surface area contributed by atoms with E-state index in [-0.39, 0.29) is 25.6 Å². The Balaban J connectivity index is 3.74. The zero-order valence-electron chi connectivity index (χ0n) is 30.2. The zero-order chi connectivity index (χ0) is 35.3. The molecular weight excluding hydrogens is 604 g/mol. The Morgan fingerprint density at radius 3 is 1.52 bits per heavy atom. The predicted molar refractivity (Wildman–Crippen MR) is 198 cm³/mol. The van der Waals surface area contributed by atoms with Crippen molar-refractivity contribution >= 4 is 11.9 Å². The highest BCUT2D eigenvalue weighted by Crippen LogP contribution is 2.13. The minimum atomic E-state index is -1.03. The Morgan fingerprint density at radius 2 is 1.00 bits per heavy atom. The first kappa shape index (κ1) is 45.3. The molecule has 0 aromatic rings. The molecule has 3 atom stereocenters. The van der Waals surface area contributed by atoms with E-state index in [1.807, 2.05) is 48.6 Å². The van der Waals surface area contributed by atoms with E-state index in [1.54, 1.807) is 24.3 Å².